The zero-order valence-electron chi connectivity index (χ0n) is 11.8. The van der Waals surface area contributed by atoms with Crippen molar-refractivity contribution in [3.63, 3.8) is 0 Å². The van der Waals surface area contributed by atoms with Crippen molar-refractivity contribution in [1.29, 1.82) is 0 Å². The van der Waals surface area contributed by atoms with Crippen LogP contribution in [0.3, 0.4) is 0 Å². The number of alkyl halides is 3. The molecule has 2 N–H and O–H groups in total. The number of aliphatic hydroxyl groups is 2. The van der Waals surface area contributed by atoms with Crippen molar-refractivity contribution in [1.82, 2.24) is 9.97 Å². The van der Waals surface area contributed by atoms with E-state index in [9.17, 15) is 23.4 Å². The molecule has 0 bridgehead atoms. The largest absolute Gasteiger partial charge is 0.455 e. The third-order valence-corrected chi connectivity index (χ3v) is 3.34. The highest BCUT2D eigenvalue weighted by Crippen LogP contribution is 2.28. The molecule has 0 radical (unpaired) electrons. The summed E-state index contributed by atoms with van der Waals surface area (Å²) in [7, 11) is 0. The molecule has 9 heteroatoms. The first-order valence-corrected chi connectivity index (χ1v) is 6.87. The Balaban J connectivity index is 2.05. The molecular weight excluding hydrogens is 305 g/mol. The van der Waals surface area contributed by atoms with Crippen LogP contribution in [0.15, 0.2) is 12.3 Å². The fourth-order valence-electron chi connectivity index (χ4n) is 2.19. The van der Waals surface area contributed by atoms with E-state index in [1.807, 2.05) is 6.92 Å². The number of halogens is 3. The third kappa shape index (κ3) is 3.84. The average molecular weight is 322 g/mol. The molecule has 0 spiro atoms. The molecule has 22 heavy (non-hydrogen) atoms. The van der Waals surface area contributed by atoms with Crippen LogP contribution in [-0.2, 0) is 10.9 Å². The fourth-order valence-corrected chi connectivity index (χ4v) is 2.19. The molecule has 0 saturated carbocycles. The lowest BCUT2D eigenvalue weighted by atomic mass is 9.97. The van der Waals surface area contributed by atoms with Gasteiger partial charge in [-0.05, 0) is 12.5 Å². The molecule has 0 aromatic carbocycles. The minimum absolute atomic E-state index is 0.0670. The van der Waals surface area contributed by atoms with E-state index < -0.39 is 42.3 Å². The number of ether oxygens (including phenoxy) is 2. The average Bonchev–Trinajstić information content (AvgIpc) is 2.46. The van der Waals surface area contributed by atoms with E-state index >= 15 is 0 Å². The minimum Gasteiger partial charge on any atom is -0.455 e. The van der Waals surface area contributed by atoms with Gasteiger partial charge in [-0.25, -0.2) is 4.98 Å². The molecule has 1 saturated heterocycles. The van der Waals surface area contributed by atoms with Crippen LogP contribution in [0.5, 0.6) is 6.01 Å². The number of rotatable bonds is 4. The highest BCUT2D eigenvalue weighted by atomic mass is 19.4. The molecule has 1 fully saturated rings. The summed E-state index contributed by atoms with van der Waals surface area (Å²) in [6, 6.07) is 0.191. The lowest BCUT2D eigenvalue weighted by molar-refractivity contribution is -0.183. The summed E-state index contributed by atoms with van der Waals surface area (Å²) in [4.78, 5) is 6.83. The van der Waals surface area contributed by atoms with Gasteiger partial charge in [0, 0.05) is 6.20 Å². The number of hydrogen-bond donors (Lipinski definition) is 2. The van der Waals surface area contributed by atoms with E-state index in [-0.39, 0.29) is 6.61 Å². The highest BCUT2D eigenvalue weighted by Gasteiger charge is 2.40. The summed E-state index contributed by atoms with van der Waals surface area (Å²) in [5.74, 6) is 0. The summed E-state index contributed by atoms with van der Waals surface area (Å²) in [5.41, 5.74) is -1.15. The van der Waals surface area contributed by atoms with Crippen LogP contribution < -0.4 is 4.74 Å². The van der Waals surface area contributed by atoms with Crippen molar-refractivity contribution < 1.29 is 32.9 Å². The van der Waals surface area contributed by atoms with Crippen molar-refractivity contribution in [2.45, 2.75) is 50.4 Å². The molecular formula is C13H17F3N2O4. The van der Waals surface area contributed by atoms with Crippen LogP contribution in [0.1, 0.15) is 25.5 Å². The lowest BCUT2D eigenvalue weighted by Gasteiger charge is -2.37. The maximum atomic E-state index is 12.6. The number of aromatic nitrogens is 2. The van der Waals surface area contributed by atoms with E-state index in [0.29, 0.717) is 12.5 Å². The Morgan fingerprint density at radius 2 is 2.09 bits per heavy atom. The maximum absolute atomic E-state index is 12.6. The summed E-state index contributed by atoms with van der Waals surface area (Å²) < 4.78 is 48.2. The predicted molar refractivity (Wildman–Crippen MR) is 68.1 cm³/mol. The van der Waals surface area contributed by atoms with E-state index in [1.165, 1.54) is 0 Å². The van der Waals surface area contributed by atoms with Crippen LogP contribution in [0, 0.1) is 0 Å². The maximum Gasteiger partial charge on any atom is 0.433 e. The second-order valence-electron chi connectivity index (χ2n) is 5.02. The van der Waals surface area contributed by atoms with E-state index in [4.69, 9.17) is 9.47 Å². The van der Waals surface area contributed by atoms with Crippen LogP contribution in [0.25, 0.3) is 0 Å². The Morgan fingerprint density at radius 1 is 1.36 bits per heavy atom. The molecule has 4 atom stereocenters. The molecule has 124 valence electrons. The zero-order chi connectivity index (χ0) is 16.3. The Kier molecular flexibility index (Phi) is 5.20. The first kappa shape index (κ1) is 16.9. The zero-order valence-corrected chi connectivity index (χ0v) is 11.8. The Hall–Kier alpha value is -1.45. The monoisotopic (exact) mass is 322 g/mol. The van der Waals surface area contributed by atoms with Gasteiger partial charge < -0.3 is 19.7 Å². The molecule has 0 unspecified atom stereocenters. The SMILES string of the molecule is CCC[C@H]1OC[C@H](Oc2nccc(C(F)(F)F)n2)[C@@H](O)[C@H]1O. The molecule has 2 heterocycles. The van der Waals surface area contributed by atoms with Crippen molar-refractivity contribution in [2.24, 2.45) is 0 Å². The lowest BCUT2D eigenvalue weighted by Crippen LogP contribution is -2.55. The molecule has 1 aliphatic rings. The summed E-state index contributed by atoms with van der Waals surface area (Å²) in [6.07, 6.45) is -6.41. The van der Waals surface area contributed by atoms with Crippen molar-refractivity contribution in [2.75, 3.05) is 6.61 Å². The van der Waals surface area contributed by atoms with Gasteiger partial charge in [-0.15, -0.1) is 0 Å². The van der Waals surface area contributed by atoms with Gasteiger partial charge in [-0.2, -0.15) is 18.2 Å². The van der Waals surface area contributed by atoms with Gasteiger partial charge in [-0.1, -0.05) is 13.3 Å². The third-order valence-electron chi connectivity index (χ3n) is 3.34. The molecule has 0 amide bonds. The Labute approximate surface area is 124 Å². The molecule has 1 aromatic rings. The molecule has 2 rings (SSSR count). The first-order chi connectivity index (χ1) is 10.3. The fraction of sp³-hybridized carbons (Fsp3) is 0.692. The van der Waals surface area contributed by atoms with Gasteiger partial charge in [0.15, 0.2) is 11.8 Å². The smallest absolute Gasteiger partial charge is 0.433 e. The normalized spacial score (nSPS) is 29.4. The van der Waals surface area contributed by atoms with Gasteiger partial charge in [0.25, 0.3) is 0 Å². The minimum atomic E-state index is -4.62. The molecule has 0 aliphatic carbocycles. The Morgan fingerprint density at radius 3 is 2.73 bits per heavy atom. The van der Waals surface area contributed by atoms with Crippen LogP contribution in [-0.4, -0.2) is 51.2 Å². The van der Waals surface area contributed by atoms with Gasteiger partial charge in [0.2, 0.25) is 0 Å². The second-order valence-corrected chi connectivity index (χ2v) is 5.02. The summed E-state index contributed by atoms with van der Waals surface area (Å²) >= 11 is 0. The number of aliphatic hydroxyl groups excluding tert-OH is 2. The first-order valence-electron chi connectivity index (χ1n) is 6.87. The molecule has 6 nitrogen and oxygen atoms in total. The van der Waals surface area contributed by atoms with Crippen LogP contribution in [0.2, 0.25) is 0 Å². The van der Waals surface area contributed by atoms with Gasteiger partial charge in [0.05, 0.1) is 12.7 Å². The molecule has 1 aromatic heterocycles. The van der Waals surface area contributed by atoms with Gasteiger partial charge in [0.1, 0.15) is 12.2 Å². The quantitative estimate of drug-likeness (QED) is 0.865. The second kappa shape index (κ2) is 6.76. The van der Waals surface area contributed by atoms with Gasteiger partial charge >= 0.3 is 12.2 Å². The van der Waals surface area contributed by atoms with Crippen molar-refractivity contribution in [3.8, 4) is 6.01 Å². The van der Waals surface area contributed by atoms with Crippen molar-refractivity contribution in [3.05, 3.63) is 18.0 Å². The van der Waals surface area contributed by atoms with Crippen LogP contribution in [0.4, 0.5) is 13.2 Å². The van der Waals surface area contributed by atoms with E-state index in [0.717, 1.165) is 12.6 Å². The highest BCUT2D eigenvalue weighted by molar-refractivity contribution is 5.09. The summed E-state index contributed by atoms with van der Waals surface area (Å²) in [5, 5.41) is 19.9. The van der Waals surface area contributed by atoms with E-state index in [2.05, 4.69) is 9.97 Å². The standard InChI is InChI=1S/C13H17F3N2O4/c1-2-3-7-10(19)11(20)8(6-21-7)22-12-17-5-4-9(18-12)13(14,15)16/h4-5,7-8,10-11,19-20H,2-3,6H2,1H3/t7-,8+,10+,11-/m1/s1. The number of nitrogens with zero attached hydrogens (tertiary/aromatic N) is 2. The topological polar surface area (TPSA) is 84.7 Å². The van der Waals surface area contributed by atoms with Crippen LogP contribution >= 0.6 is 0 Å². The van der Waals surface area contributed by atoms with Crippen molar-refractivity contribution >= 4 is 0 Å². The van der Waals surface area contributed by atoms with E-state index in [1.54, 1.807) is 0 Å². The van der Waals surface area contributed by atoms with Gasteiger partial charge in [-0.3, -0.25) is 0 Å². The summed E-state index contributed by atoms with van der Waals surface area (Å²) in [6.45, 7) is 1.84. The predicted octanol–water partition coefficient (Wildman–Crippen LogP) is 1.16. The Bertz CT molecular complexity index is 500. The number of hydrogen-bond acceptors (Lipinski definition) is 6. The molecule has 1 aliphatic heterocycles.